The highest BCUT2D eigenvalue weighted by Crippen LogP contribution is 2.38. The first-order valence-corrected chi connectivity index (χ1v) is 7.08. The Balaban J connectivity index is 1.82. The van der Waals surface area contributed by atoms with E-state index in [1.54, 1.807) is 0 Å². The van der Waals surface area contributed by atoms with Crippen molar-refractivity contribution >= 4 is 0 Å². The standard InChI is InChI=1S/C17H19NO3/c1-12-4-2-3-5-14(12)10-19-15-9-17-16(20-11-21-17)8-13(15)6-7-18/h2-5,8-9H,6-7,10-11,18H2,1H3. The number of benzene rings is 2. The van der Waals surface area contributed by atoms with Crippen molar-refractivity contribution in [2.75, 3.05) is 13.3 Å². The molecule has 0 saturated heterocycles. The molecule has 0 amide bonds. The molecule has 4 nitrogen and oxygen atoms in total. The fraction of sp³-hybridized carbons (Fsp3) is 0.294. The second-order valence-corrected chi connectivity index (χ2v) is 5.07. The van der Waals surface area contributed by atoms with Gasteiger partial charge in [0.2, 0.25) is 6.79 Å². The third-order valence-electron chi connectivity index (χ3n) is 3.61. The van der Waals surface area contributed by atoms with Gasteiger partial charge in [-0.3, -0.25) is 0 Å². The van der Waals surface area contributed by atoms with Gasteiger partial charge in [0.05, 0.1) is 0 Å². The monoisotopic (exact) mass is 285 g/mol. The summed E-state index contributed by atoms with van der Waals surface area (Å²) < 4.78 is 16.8. The number of nitrogens with two attached hydrogens (primary N) is 1. The van der Waals surface area contributed by atoms with Crippen molar-refractivity contribution in [3.63, 3.8) is 0 Å². The Kier molecular flexibility index (Phi) is 3.97. The van der Waals surface area contributed by atoms with Crippen molar-refractivity contribution < 1.29 is 14.2 Å². The van der Waals surface area contributed by atoms with Crippen LogP contribution < -0.4 is 19.9 Å². The third kappa shape index (κ3) is 2.95. The lowest BCUT2D eigenvalue weighted by Gasteiger charge is -2.13. The first-order chi connectivity index (χ1) is 10.3. The fourth-order valence-corrected chi connectivity index (χ4v) is 2.38. The SMILES string of the molecule is Cc1ccccc1COc1cc2c(cc1CCN)OCO2. The average Bonchev–Trinajstić information content (AvgIpc) is 2.94. The number of ether oxygens (including phenoxy) is 3. The molecule has 0 radical (unpaired) electrons. The highest BCUT2D eigenvalue weighted by Gasteiger charge is 2.18. The quantitative estimate of drug-likeness (QED) is 0.918. The predicted octanol–water partition coefficient (Wildman–Crippen LogP) is 2.80. The van der Waals surface area contributed by atoms with Crippen molar-refractivity contribution in [1.29, 1.82) is 0 Å². The molecule has 110 valence electrons. The maximum Gasteiger partial charge on any atom is 0.231 e. The van der Waals surface area contributed by atoms with Crippen LogP contribution in [0.1, 0.15) is 16.7 Å². The van der Waals surface area contributed by atoms with Gasteiger partial charge in [0.25, 0.3) is 0 Å². The Bertz CT molecular complexity index is 640. The van der Waals surface area contributed by atoms with E-state index >= 15 is 0 Å². The van der Waals surface area contributed by atoms with Crippen LogP contribution >= 0.6 is 0 Å². The largest absolute Gasteiger partial charge is 0.488 e. The second kappa shape index (κ2) is 6.06. The van der Waals surface area contributed by atoms with Gasteiger partial charge < -0.3 is 19.9 Å². The Morgan fingerprint density at radius 1 is 1.10 bits per heavy atom. The Hall–Kier alpha value is -2.20. The van der Waals surface area contributed by atoms with Gasteiger partial charge in [-0.2, -0.15) is 0 Å². The van der Waals surface area contributed by atoms with Crippen LogP contribution in [0, 0.1) is 6.92 Å². The minimum absolute atomic E-state index is 0.263. The molecular weight excluding hydrogens is 266 g/mol. The van der Waals surface area contributed by atoms with Crippen LogP contribution in [0.4, 0.5) is 0 Å². The van der Waals surface area contributed by atoms with Gasteiger partial charge in [0, 0.05) is 6.07 Å². The second-order valence-electron chi connectivity index (χ2n) is 5.07. The van der Waals surface area contributed by atoms with E-state index in [0.29, 0.717) is 13.2 Å². The summed E-state index contributed by atoms with van der Waals surface area (Å²) in [4.78, 5) is 0. The highest BCUT2D eigenvalue weighted by atomic mass is 16.7. The molecule has 3 rings (SSSR count). The summed E-state index contributed by atoms with van der Waals surface area (Å²) in [6, 6.07) is 12.1. The minimum atomic E-state index is 0.263. The first kappa shape index (κ1) is 13.8. The summed E-state index contributed by atoms with van der Waals surface area (Å²) in [5, 5.41) is 0. The van der Waals surface area contributed by atoms with Crippen molar-refractivity contribution in [2.45, 2.75) is 20.0 Å². The van der Waals surface area contributed by atoms with E-state index in [4.69, 9.17) is 19.9 Å². The molecule has 1 aliphatic rings. The summed E-state index contributed by atoms with van der Waals surface area (Å²) >= 11 is 0. The normalized spacial score (nSPS) is 12.5. The highest BCUT2D eigenvalue weighted by molar-refractivity contribution is 5.52. The van der Waals surface area contributed by atoms with Crippen LogP contribution in [0.2, 0.25) is 0 Å². The lowest BCUT2D eigenvalue weighted by molar-refractivity contribution is 0.173. The molecule has 0 aliphatic carbocycles. The number of hydrogen-bond donors (Lipinski definition) is 1. The number of rotatable bonds is 5. The van der Waals surface area contributed by atoms with Gasteiger partial charge >= 0.3 is 0 Å². The molecule has 0 fully saturated rings. The number of fused-ring (bicyclic) bond motifs is 1. The zero-order chi connectivity index (χ0) is 14.7. The van der Waals surface area contributed by atoms with E-state index in [0.717, 1.165) is 29.2 Å². The molecule has 2 N–H and O–H groups in total. The summed E-state index contributed by atoms with van der Waals surface area (Å²) in [5.41, 5.74) is 9.13. The number of hydrogen-bond acceptors (Lipinski definition) is 4. The van der Waals surface area contributed by atoms with Crippen LogP contribution in [0.25, 0.3) is 0 Å². The Morgan fingerprint density at radius 3 is 2.62 bits per heavy atom. The van der Waals surface area contributed by atoms with Gasteiger partial charge in [0.15, 0.2) is 11.5 Å². The van der Waals surface area contributed by atoms with Gasteiger partial charge in [-0.25, -0.2) is 0 Å². The molecule has 21 heavy (non-hydrogen) atoms. The zero-order valence-corrected chi connectivity index (χ0v) is 12.1. The molecule has 0 saturated carbocycles. The molecule has 0 unspecified atom stereocenters. The molecule has 1 aliphatic heterocycles. The lowest BCUT2D eigenvalue weighted by atomic mass is 10.1. The van der Waals surface area contributed by atoms with Gasteiger partial charge in [-0.1, -0.05) is 24.3 Å². The van der Waals surface area contributed by atoms with Crippen molar-refractivity contribution in [3.05, 3.63) is 53.1 Å². The third-order valence-corrected chi connectivity index (χ3v) is 3.61. The zero-order valence-electron chi connectivity index (χ0n) is 12.1. The van der Waals surface area contributed by atoms with Crippen molar-refractivity contribution in [1.82, 2.24) is 0 Å². The van der Waals surface area contributed by atoms with Gasteiger partial charge in [-0.15, -0.1) is 0 Å². The topological polar surface area (TPSA) is 53.7 Å². The molecule has 0 atom stereocenters. The lowest BCUT2D eigenvalue weighted by Crippen LogP contribution is -2.06. The molecule has 0 spiro atoms. The molecule has 1 heterocycles. The van der Waals surface area contributed by atoms with Crippen LogP contribution in [-0.2, 0) is 13.0 Å². The molecule has 4 heteroatoms. The maximum atomic E-state index is 5.99. The molecule has 0 bridgehead atoms. The summed E-state index contributed by atoms with van der Waals surface area (Å²) in [6.45, 7) is 3.45. The first-order valence-electron chi connectivity index (χ1n) is 7.08. The molecule has 0 aromatic heterocycles. The van der Waals surface area contributed by atoms with E-state index in [-0.39, 0.29) is 6.79 Å². The average molecular weight is 285 g/mol. The summed E-state index contributed by atoms with van der Waals surface area (Å²) in [5.74, 6) is 2.31. The minimum Gasteiger partial charge on any atom is -0.488 e. The molecular formula is C17H19NO3. The van der Waals surface area contributed by atoms with Gasteiger partial charge in [0.1, 0.15) is 12.4 Å². The molecule has 2 aromatic rings. The van der Waals surface area contributed by atoms with Gasteiger partial charge in [-0.05, 0) is 42.6 Å². The van der Waals surface area contributed by atoms with E-state index in [2.05, 4.69) is 19.1 Å². The van der Waals surface area contributed by atoms with Crippen LogP contribution in [0.5, 0.6) is 17.2 Å². The van der Waals surface area contributed by atoms with Crippen molar-refractivity contribution in [2.24, 2.45) is 5.73 Å². The van der Waals surface area contributed by atoms with Crippen LogP contribution in [0.3, 0.4) is 0 Å². The Labute approximate surface area is 124 Å². The van der Waals surface area contributed by atoms with E-state index < -0.39 is 0 Å². The van der Waals surface area contributed by atoms with Crippen LogP contribution in [0.15, 0.2) is 36.4 Å². The summed E-state index contributed by atoms with van der Waals surface area (Å²) in [6.07, 6.45) is 0.750. The smallest absolute Gasteiger partial charge is 0.231 e. The van der Waals surface area contributed by atoms with E-state index in [9.17, 15) is 0 Å². The Morgan fingerprint density at radius 2 is 1.86 bits per heavy atom. The fourth-order valence-electron chi connectivity index (χ4n) is 2.38. The predicted molar refractivity (Wildman–Crippen MR) is 80.8 cm³/mol. The van der Waals surface area contributed by atoms with Crippen LogP contribution in [-0.4, -0.2) is 13.3 Å². The summed E-state index contributed by atoms with van der Waals surface area (Å²) in [7, 11) is 0. The van der Waals surface area contributed by atoms with E-state index in [1.165, 1.54) is 11.1 Å². The maximum absolute atomic E-state index is 5.99. The molecule has 2 aromatic carbocycles. The van der Waals surface area contributed by atoms with E-state index in [1.807, 2.05) is 24.3 Å². The number of aryl methyl sites for hydroxylation is 1. The van der Waals surface area contributed by atoms with Crippen molar-refractivity contribution in [3.8, 4) is 17.2 Å².